The van der Waals surface area contributed by atoms with Gasteiger partial charge in [-0.05, 0) is 19.8 Å². The van der Waals surface area contributed by atoms with Gasteiger partial charge in [0.1, 0.15) is 0 Å². The average molecular weight is 276 g/mol. The topological polar surface area (TPSA) is 51.5 Å². The summed E-state index contributed by atoms with van der Waals surface area (Å²) in [5, 5.41) is 7.92. The van der Waals surface area contributed by atoms with Gasteiger partial charge in [-0.2, -0.15) is 5.10 Å². The molecule has 20 heavy (non-hydrogen) atoms. The number of nitrogens with zero attached hydrogens (tertiary/aromatic N) is 3. The second-order valence-electron chi connectivity index (χ2n) is 5.44. The fraction of sp³-hybridized carbons (Fsp3) is 0.600. The van der Waals surface area contributed by atoms with Crippen LogP contribution < -0.4 is 5.32 Å². The van der Waals surface area contributed by atoms with Crippen molar-refractivity contribution in [1.82, 2.24) is 19.9 Å². The van der Waals surface area contributed by atoms with E-state index in [1.54, 1.807) is 0 Å². The Balaban J connectivity index is 1.99. The van der Waals surface area contributed by atoms with Crippen LogP contribution >= 0.6 is 0 Å². The van der Waals surface area contributed by atoms with E-state index in [0.29, 0.717) is 12.0 Å². The lowest BCUT2D eigenvalue weighted by molar-refractivity contribution is 0.108. The van der Waals surface area contributed by atoms with Gasteiger partial charge in [0, 0.05) is 43.2 Å². The van der Waals surface area contributed by atoms with Crippen molar-refractivity contribution in [2.24, 2.45) is 5.92 Å². The van der Waals surface area contributed by atoms with Gasteiger partial charge < -0.3 is 10.1 Å². The molecule has 0 fully saturated rings. The Morgan fingerprint density at radius 2 is 2.20 bits per heavy atom. The minimum atomic E-state index is 0.352. The van der Waals surface area contributed by atoms with Crippen LogP contribution in [0.3, 0.4) is 0 Å². The third-order valence-corrected chi connectivity index (χ3v) is 3.36. The van der Waals surface area contributed by atoms with Gasteiger partial charge in [-0.1, -0.05) is 13.8 Å². The van der Waals surface area contributed by atoms with Crippen LogP contribution in [0, 0.1) is 12.8 Å². The molecule has 1 N–H and O–H groups in total. The monoisotopic (exact) mass is 276 g/mol. The summed E-state index contributed by atoms with van der Waals surface area (Å²) in [7, 11) is 0. The van der Waals surface area contributed by atoms with Crippen LogP contribution in [0.25, 0.3) is 5.65 Å². The number of nitrogens with one attached hydrogen (secondary N) is 1. The zero-order chi connectivity index (χ0) is 14.5. The van der Waals surface area contributed by atoms with Crippen molar-refractivity contribution in [2.75, 3.05) is 13.2 Å². The van der Waals surface area contributed by atoms with Gasteiger partial charge in [0.2, 0.25) is 0 Å². The van der Waals surface area contributed by atoms with E-state index in [2.05, 4.69) is 29.2 Å². The van der Waals surface area contributed by atoms with E-state index in [9.17, 15) is 0 Å². The van der Waals surface area contributed by atoms with E-state index in [1.807, 2.05) is 36.8 Å². The highest BCUT2D eigenvalue weighted by molar-refractivity contribution is 5.38. The lowest BCUT2D eigenvalue weighted by atomic mass is 10.1. The molecule has 2 heterocycles. The predicted octanol–water partition coefficient (Wildman–Crippen LogP) is 2.19. The Morgan fingerprint density at radius 3 is 2.90 bits per heavy atom. The van der Waals surface area contributed by atoms with Crippen molar-refractivity contribution >= 4 is 5.65 Å². The molecule has 0 aliphatic carbocycles. The maximum Gasteiger partial charge on any atom is 0.155 e. The van der Waals surface area contributed by atoms with Gasteiger partial charge in [0.15, 0.2) is 5.65 Å². The lowest BCUT2D eigenvalue weighted by Gasteiger charge is -2.22. The van der Waals surface area contributed by atoms with Crippen molar-refractivity contribution in [3.63, 3.8) is 0 Å². The summed E-state index contributed by atoms with van der Waals surface area (Å²) in [6.45, 7) is 10.7. The first kappa shape index (κ1) is 14.9. The largest absolute Gasteiger partial charge is 0.380 e. The molecule has 0 amide bonds. The zero-order valence-electron chi connectivity index (χ0n) is 12.8. The summed E-state index contributed by atoms with van der Waals surface area (Å²) in [6.07, 6.45) is 3.93. The van der Waals surface area contributed by atoms with Crippen molar-refractivity contribution < 1.29 is 4.74 Å². The molecular formula is C15H24N4O. The predicted molar refractivity (Wildman–Crippen MR) is 79.7 cm³/mol. The van der Waals surface area contributed by atoms with E-state index in [-0.39, 0.29) is 0 Å². The maximum absolute atomic E-state index is 5.52. The molecule has 0 saturated carbocycles. The standard InChI is InChI=1S/C15H24N4O/c1-5-20-10-14(11(2)3)16-7-13-8-17-15-6-12(4)18-19(15)9-13/h6,8-9,11,14,16H,5,7,10H2,1-4H3. The summed E-state index contributed by atoms with van der Waals surface area (Å²) in [4.78, 5) is 4.42. The van der Waals surface area contributed by atoms with Gasteiger partial charge in [0.05, 0.1) is 12.3 Å². The average Bonchev–Trinajstić information content (AvgIpc) is 2.77. The van der Waals surface area contributed by atoms with Crippen molar-refractivity contribution in [2.45, 2.75) is 40.3 Å². The molecule has 5 nitrogen and oxygen atoms in total. The number of fused-ring (bicyclic) bond motifs is 1. The summed E-state index contributed by atoms with van der Waals surface area (Å²) in [5.74, 6) is 0.533. The lowest BCUT2D eigenvalue weighted by Crippen LogP contribution is -2.37. The van der Waals surface area contributed by atoms with E-state index < -0.39 is 0 Å². The minimum Gasteiger partial charge on any atom is -0.380 e. The molecular weight excluding hydrogens is 252 g/mol. The van der Waals surface area contributed by atoms with Gasteiger partial charge >= 0.3 is 0 Å². The third kappa shape index (κ3) is 3.77. The first-order valence-corrected chi connectivity index (χ1v) is 7.22. The molecule has 1 unspecified atom stereocenters. The van der Waals surface area contributed by atoms with Crippen LogP contribution in [-0.4, -0.2) is 33.9 Å². The molecule has 0 aliphatic rings. The molecule has 2 rings (SSSR count). The summed E-state index contributed by atoms with van der Waals surface area (Å²) < 4.78 is 7.36. The van der Waals surface area contributed by atoms with Gasteiger partial charge in [-0.25, -0.2) is 9.50 Å². The fourth-order valence-electron chi connectivity index (χ4n) is 2.11. The van der Waals surface area contributed by atoms with E-state index >= 15 is 0 Å². The molecule has 2 aromatic rings. The molecule has 0 spiro atoms. The van der Waals surface area contributed by atoms with Crippen LogP contribution in [0.4, 0.5) is 0 Å². The third-order valence-electron chi connectivity index (χ3n) is 3.36. The van der Waals surface area contributed by atoms with Crippen LogP contribution in [0.2, 0.25) is 0 Å². The molecule has 1 atom stereocenters. The van der Waals surface area contributed by atoms with Crippen LogP contribution in [-0.2, 0) is 11.3 Å². The van der Waals surface area contributed by atoms with Crippen molar-refractivity contribution in [3.8, 4) is 0 Å². The maximum atomic E-state index is 5.52. The highest BCUT2D eigenvalue weighted by Crippen LogP contribution is 2.07. The highest BCUT2D eigenvalue weighted by atomic mass is 16.5. The van der Waals surface area contributed by atoms with Gasteiger partial charge in [-0.15, -0.1) is 0 Å². The SMILES string of the molecule is CCOCC(NCc1cnc2cc(C)nn2c1)C(C)C. The Bertz CT molecular complexity index is 550. The van der Waals surface area contributed by atoms with Gasteiger partial charge in [0.25, 0.3) is 0 Å². The van der Waals surface area contributed by atoms with Crippen LogP contribution in [0.15, 0.2) is 18.5 Å². The summed E-state index contributed by atoms with van der Waals surface area (Å²) in [5.41, 5.74) is 3.00. The number of rotatable bonds is 7. The molecule has 0 radical (unpaired) electrons. The second-order valence-corrected chi connectivity index (χ2v) is 5.44. The normalized spacial score (nSPS) is 13.2. The highest BCUT2D eigenvalue weighted by Gasteiger charge is 2.13. The number of hydrogen-bond acceptors (Lipinski definition) is 4. The number of hydrogen-bond donors (Lipinski definition) is 1. The quantitative estimate of drug-likeness (QED) is 0.842. The number of aryl methyl sites for hydroxylation is 1. The molecule has 0 aliphatic heterocycles. The Kier molecular flexibility index (Phi) is 5.09. The van der Waals surface area contributed by atoms with E-state index in [1.165, 1.54) is 0 Å². The molecule has 110 valence electrons. The smallest absolute Gasteiger partial charge is 0.155 e. The molecule has 2 aromatic heterocycles. The first-order valence-electron chi connectivity index (χ1n) is 7.22. The molecule has 5 heteroatoms. The summed E-state index contributed by atoms with van der Waals surface area (Å²) in [6, 6.07) is 2.33. The number of ether oxygens (including phenoxy) is 1. The first-order chi connectivity index (χ1) is 9.60. The Labute approximate surface area is 120 Å². The van der Waals surface area contributed by atoms with Crippen molar-refractivity contribution in [3.05, 3.63) is 29.7 Å². The zero-order valence-corrected chi connectivity index (χ0v) is 12.8. The number of aromatic nitrogens is 3. The molecule has 0 bridgehead atoms. The molecule has 0 aromatic carbocycles. The minimum absolute atomic E-state index is 0.352. The van der Waals surface area contributed by atoms with Crippen LogP contribution in [0.1, 0.15) is 32.0 Å². The van der Waals surface area contributed by atoms with E-state index in [0.717, 1.165) is 36.7 Å². The molecule has 0 saturated heterocycles. The Hall–Kier alpha value is -1.46. The van der Waals surface area contributed by atoms with Crippen molar-refractivity contribution in [1.29, 1.82) is 0 Å². The fourth-order valence-corrected chi connectivity index (χ4v) is 2.11. The summed E-state index contributed by atoms with van der Waals surface area (Å²) >= 11 is 0. The van der Waals surface area contributed by atoms with Gasteiger partial charge in [-0.3, -0.25) is 0 Å². The van der Waals surface area contributed by atoms with E-state index in [4.69, 9.17) is 4.74 Å². The van der Waals surface area contributed by atoms with Crippen LogP contribution in [0.5, 0.6) is 0 Å². The Morgan fingerprint density at radius 1 is 1.40 bits per heavy atom. The second kappa shape index (κ2) is 6.81.